The van der Waals surface area contributed by atoms with Gasteiger partial charge in [0.15, 0.2) is 0 Å². The van der Waals surface area contributed by atoms with Gasteiger partial charge in [-0.25, -0.2) is 4.79 Å². The molecule has 7 nitrogen and oxygen atoms in total. The number of alkyl halides is 6. The fraction of sp³-hybridized carbons (Fsp3) is 0.300. The Morgan fingerprint density at radius 2 is 1.43 bits per heavy atom. The van der Waals surface area contributed by atoms with Gasteiger partial charge < -0.3 is 14.9 Å². The van der Waals surface area contributed by atoms with Crippen molar-refractivity contribution in [3.8, 4) is 0 Å². The Morgan fingerprint density at radius 3 is 2.00 bits per heavy atom. The minimum absolute atomic E-state index is 0.139. The Hall–Kier alpha value is -3.20. The number of fused-ring (bicyclic) bond motifs is 1. The van der Waals surface area contributed by atoms with Gasteiger partial charge in [0, 0.05) is 31.6 Å². The molecule has 4 rings (SSSR count). The number of nitrogens with zero attached hydrogens (tertiary/aromatic N) is 3. The molecule has 0 unspecified atom stereocenters. The van der Waals surface area contributed by atoms with Gasteiger partial charge in [-0.15, -0.1) is 11.3 Å². The van der Waals surface area contributed by atoms with Gasteiger partial charge in [0.05, 0.1) is 14.5 Å². The second kappa shape index (κ2) is 10.2. The molecule has 1 N–H and O–H groups in total. The second-order valence-electron chi connectivity index (χ2n) is 7.08. The number of amides is 1. The molecule has 0 bridgehead atoms. The molecule has 1 aliphatic heterocycles. The minimum Gasteiger partial charge on any atom is -0.475 e. The number of hydrogen-bond acceptors (Lipinski definition) is 7. The maximum atomic E-state index is 12.6. The van der Waals surface area contributed by atoms with Crippen LogP contribution in [0.3, 0.4) is 0 Å². The highest BCUT2D eigenvalue weighted by Gasteiger charge is 2.40. The average molecular weight is 539 g/mol. The third-order valence-electron chi connectivity index (χ3n) is 4.77. The fourth-order valence-electron chi connectivity index (χ4n) is 3.09. The van der Waals surface area contributed by atoms with Gasteiger partial charge in [0.1, 0.15) is 5.82 Å². The van der Waals surface area contributed by atoms with Gasteiger partial charge in [-0.2, -0.15) is 30.7 Å². The van der Waals surface area contributed by atoms with Gasteiger partial charge in [-0.05, 0) is 35.8 Å². The summed E-state index contributed by atoms with van der Waals surface area (Å²) < 4.78 is 75.0. The number of carbonyl (C=O) groups is 3. The maximum absolute atomic E-state index is 12.6. The van der Waals surface area contributed by atoms with Crippen LogP contribution in [0.1, 0.15) is 19.3 Å². The summed E-state index contributed by atoms with van der Waals surface area (Å²) in [5.74, 6) is -4.14. The smallest absolute Gasteiger partial charge is 0.475 e. The minimum atomic E-state index is -5.08. The van der Waals surface area contributed by atoms with Crippen LogP contribution in [-0.4, -0.2) is 70.6 Å². The molecule has 0 aliphatic carbocycles. The zero-order chi connectivity index (χ0) is 26.0. The van der Waals surface area contributed by atoms with Crippen molar-refractivity contribution in [2.75, 3.05) is 31.1 Å². The van der Waals surface area contributed by atoms with Crippen molar-refractivity contribution in [1.29, 1.82) is 0 Å². The van der Waals surface area contributed by atoms with Crippen LogP contribution < -0.4 is 4.90 Å². The van der Waals surface area contributed by atoms with E-state index in [0.717, 1.165) is 22.0 Å². The number of thiophene rings is 1. The summed E-state index contributed by atoms with van der Waals surface area (Å²) in [5.41, 5.74) is 0. The lowest BCUT2D eigenvalue weighted by Crippen LogP contribution is -2.48. The largest absolute Gasteiger partial charge is 0.490 e. The molecule has 0 saturated carbocycles. The van der Waals surface area contributed by atoms with Crippen molar-refractivity contribution in [3.63, 3.8) is 0 Å². The molecule has 1 amide bonds. The van der Waals surface area contributed by atoms with Gasteiger partial charge in [0.2, 0.25) is 0 Å². The number of halogens is 6. The number of piperazine rings is 1. The summed E-state index contributed by atoms with van der Waals surface area (Å²) in [6.07, 6.45) is -10.0. The van der Waals surface area contributed by atoms with Crippen molar-refractivity contribution < 1.29 is 45.8 Å². The lowest BCUT2D eigenvalue weighted by Gasteiger charge is -2.34. The number of aromatic nitrogens is 1. The number of Topliss-reactive ketones (excluding diaryl/α,β-unsaturated/α-hetero) is 1. The monoisotopic (exact) mass is 539 g/mol. The average Bonchev–Trinajstić information content (AvgIpc) is 3.45. The standard InChI is InChI=1S/C18H14F3N3O2S2.C2HF3O2/c19-18(20,21)15(25)13-5-6-14(27-13)17(26)24-9-7-23(8-10-24)16-11-3-1-2-4-12(11)28-22-16;3-2(4,5)1(6)7/h1-6H,7-10H2;(H,6,7). The first-order valence-electron chi connectivity index (χ1n) is 9.69. The molecule has 1 aliphatic rings. The summed E-state index contributed by atoms with van der Waals surface area (Å²) in [6.45, 7) is 2.04. The Kier molecular flexibility index (Phi) is 7.69. The number of carbonyl (C=O) groups excluding carboxylic acids is 2. The highest BCUT2D eigenvalue weighted by Crippen LogP contribution is 2.31. The van der Waals surface area contributed by atoms with Crippen molar-refractivity contribution in [2.24, 2.45) is 0 Å². The maximum Gasteiger partial charge on any atom is 0.490 e. The third-order valence-corrected chi connectivity index (χ3v) is 6.65. The molecule has 0 atom stereocenters. The number of ketones is 1. The summed E-state index contributed by atoms with van der Waals surface area (Å²) in [4.78, 5) is 36.2. The predicted octanol–water partition coefficient (Wildman–Crippen LogP) is 4.70. The van der Waals surface area contributed by atoms with E-state index in [1.165, 1.54) is 17.6 Å². The summed E-state index contributed by atoms with van der Waals surface area (Å²) in [5, 5.41) is 8.20. The lowest BCUT2D eigenvalue weighted by molar-refractivity contribution is -0.192. The van der Waals surface area contributed by atoms with E-state index in [4.69, 9.17) is 9.90 Å². The van der Waals surface area contributed by atoms with E-state index in [1.54, 1.807) is 4.90 Å². The van der Waals surface area contributed by atoms with E-state index in [9.17, 15) is 35.9 Å². The molecular weight excluding hydrogens is 524 g/mol. The molecule has 15 heteroatoms. The molecule has 1 fully saturated rings. The van der Waals surface area contributed by atoms with Gasteiger partial charge in [-0.3, -0.25) is 9.59 Å². The lowest BCUT2D eigenvalue weighted by atomic mass is 10.2. The number of carboxylic acid groups (broad SMARTS) is 1. The first-order valence-corrected chi connectivity index (χ1v) is 11.3. The van der Waals surface area contributed by atoms with Crippen LogP contribution in [0.5, 0.6) is 0 Å². The van der Waals surface area contributed by atoms with E-state index in [-0.39, 0.29) is 10.8 Å². The van der Waals surface area contributed by atoms with Crippen LogP contribution in [-0.2, 0) is 4.79 Å². The molecule has 3 aromatic rings. The zero-order valence-corrected chi connectivity index (χ0v) is 19.0. The fourth-order valence-corrected chi connectivity index (χ4v) is 4.82. The molecule has 2 aromatic heterocycles. The number of anilines is 1. The quantitative estimate of drug-likeness (QED) is 0.384. The van der Waals surface area contributed by atoms with Crippen LogP contribution in [0.2, 0.25) is 0 Å². The Balaban J connectivity index is 0.000000429. The van der Waals surface area contributed by atoms with E-state index in [0.29, 0.717) is 37.5 Å². The molecular formula is C20H15F6N3O4S2. The number of aliphatic carboxylic acids is 1. The van der Waals surface area contributed by atoms with Crippen LogP contribution >= 0.6 is 22.9 Å². The molecule has 1 aromatic carbocycles. The van der Waals surface area contributed by atoms with Crippen LogP contribution in [0.4, 0.5) is 32.2 Å². The topological polar surface area (TPSA) is 90.8 Å². The molecule has 35 heavy (non-hydrogen) atoms. The molecule has 0 radical (unpaired) electrons. The Bertz CT molecular complexity index is 1230. The number of carboxylic acids is 1. The number of hydrogen-bond donors (Lipinski definition) is 1. The van der Waals surface area contributed by atoms with Gasteiger partial charge >= 0.3 is 18.3 Å². The molecule has 1 saturated heterocycles. The summed E-state index contributed by atoms with van der Waals surface area (Å²) in [7, 11) is 0. The normalized spacial score (nSPS) is 14.5. The van der Waals surface area contributed by atoms with E-state index < -0.39 is 29.0 Å². The molecule has 0 spiro atoms. The predicted molar refractivity (Wildman–Crippen MR) is 116 cm³/mol. The van der Waals surface area contributed by atoms with Crippen molar-refractivity contribution in [2.45, 2.75) is 12.4 Å². The SMILES string of the molecule is O=C(O)C(F)(F)F.O=C(c1ccc(C(=O)C(F)(F)F)s1)N1CCN(c2nsc3ccccc23)CC1. The van der Waals surface area contributed by atoms with Crippen LogP contribution in [0, 0.1) is 0 Å². The summed E-state index contributed by atoms with van der Waals surface area (Å²) >= 11 is 2.01. The van der Waals surface area contributed by atoms with Gasteiger partial charge in [-0.1, -0.05) is 12.1 Å². The van der Waals surface area contributed by atoms with E-state index in [2.05, 4.69) is 9.27 Å². The number of rotatable bonds is 3. The van der Waals surface area contributed by atoms with Gasteiger partial charge in [0.25, 0.3) is 11.7 Å². The van der Waals surface area contributed by atoms with Crippen LogP contribution in [0.15, 0.2) is 36.4 Å². The second-order valence-corrected chi connectivity index (χ2v) is 8.96. The van der Waals surface area contributed by atoms with Crippen molar-refractivity contribution in [1.82, 2.24) is 9.27 Å². The van der Waals surface area contributed by atoms with E-state index in [1.807, 2.05) is 24.3 Å². The highest BCUT2D eigenvalue weighted by molar-refractivity contribution is 7.16. The number of benzene rings is 1. The van der Waals surface area contributed by atoms with Crippen molar-refractivity contribution in [3.05, 3.63) is 46.2 Å². The van der Waals surface area contributed by atoms with Crippen LogP contribution in [0.25, 0.3) is 10.1 Å². The third kappa shape index (κ3) is 6.28. The first-order chi connectivity index (χ1) is 16.3. The first kappa shape index (κ1) is 26.4. The Labute approximate surface area is 201 Å². The van der Waals surface area contributed by atoms with Crippen molar-refractivity contribution >= 4 is 56.4 Å². The summed E-state index contributed by atoms with van der Waals surface area (Å²) in [6, 6.07) is 10.3. The highest BCUT2D eigenvalue weighted by atomic mass is 32.1. The zero-order valence-electron chi connectivity index (χ0n) is 17.4. The van der Waals surface area contributed by atoms with E-state index >= 15 is 0 Å². The Morgan fingerprint density at radius 1 is 0.857 bits per heavy atom. The molecule has 188 valence electrons. The molecule has 3 heterocycles.